The number of methoxy groups -OCH3 is 1. The van der Waals surface area contributed by atoms with E-state index in [9.17, 15) is 4.79 Å². The van der Waals surface area contributed by atoms with Gasteiger partial charge in [0.1, 0.15) is 0 Å². The number of nitrogens with zero attached hydrogens (tertiary/aromatic N) is 1. The summed E-state index contributed by atoms with van der Waals surface area (Å²) in [5.41, 5.74) is 7.82. The van der Waals surface area contributed by atoms with Crippen LogP contribution >= 0.6 is 0 Å². The molecule has 0 unspecified atom stereocenters. The molecule has 1 aliphatic rings. The zero-order valence-electron chi connectivity index (χ0n) is 10.1. The normalized spacial score (nSPS) is 16.1. The fourth-order valence-electron chi connectivity index (χ4n) is 2.28. The van der Waals surface area contributed by atoms with E-state index in [0.717, 1.165) is 25.2 Å². The Morgan fingerprint density at radius 3 is 2.76 bits per heavy atom. The summed E-state index contributed by atoms with van der Waals surface area (Å²) < 4.78 is 4.78. The third kappa shape index (κ3) is 2.58. The van der Waals surface area contributed by atoms with Crippen molar-refractivity contribution in [3.63, 3.8) is 0 Å². The molecule has 0 aromatic heterocycles. The van der Waals surface area contributed by atoms with Gasteiger partial charge in [-0.1, -0.05) is 12.1 Å². The molecular formula is C13H18N2O2. The Bertz CT molecular complexity index is 412. The number of esters is 1. The molecule has 1 aromatic carbocycles. The molecule has 1 heterocycles. The zero-order chi connectivity index (χ0) is 12.3. The van der Waals surface area contributed by atoms with E-state index in [0.29, 0.717) is 11.3 Å². The monoisotopic (exact) mass is 234 g/mol. The summed E-state index contributed by atoms with van der Waals surface area (Å²) in [6.07, 6.45) is 2.46. The molecule has 17 heavy (non-hydrogen) atoms. The second-order valence-electron chi connectivity index (χ2n) is 4.36. The summed E-state index contributed by atoms with van der Waals surface area (Å²) in [4.78, 5) is 14.0. The largest absolute Gasteiger partial charge is 0.465 e. The smallest absolute Gasteiger partial charge is 0.340 e. The summed E-state index contributed by atoms with van der Waals surface area (Å²) in [6.45, 7) is 2.96. The van der Waals surface area contributed by atoms with Crippen molar-refractivity contribution >= 4 is 11.7 Å². The van der Waals surface area contributed by atoms with Crippen LogP contribution in [0.3, 0.4) is 0 Å². The van der Waals surface area contributed by atoms with Crippen molar-refractivity contribution in [2.45, 2.75) is 19.4 Å². The van der Waals surface area contributed by atoms with E-state index < -0.39 is 0 Å². The van der Waals surface area contributed by atoms with E-state index in [1.54, 1.807) is 6.07 Å². The highest BCUT2D eigenvalue weighted by molar-refractivity contribution is 5.96. The van der Waals surface area contributed by atoms with Gasteiger partial charge < -0.3 is 10.5 Å². The molecule has 0 saturated carbocycles. The summed E-state index contributed by atoms with van der Waals surface area (Å²) in [5, 5.41) is 0. The summed E-state index contributed by atoms with van der Waals surface area (Å²) in [6, 6.07) is 5.56. The van der Waals surface area contributed by atoms with Crippen molar-refractivity contribution in [2.75, 3.05) is 25.9 Å². The van der Waals surface area contributed by atoms with Gasteiger partial charge in [-0.2, -0.15) is 0 Å². The quantitative estimate of drug-likeness (QED) is 0.638. The van der Waals surface area contributed by atoms with E-state index in [1.807, 2.05) is 12.1 Å². The Morgan fingerprint density at radius 1 is 1.41 bits per heavy atom. The van der Waals surface area contributed by atoms with Gasteiger partial charge in [-0.25, -0.2) is 4.79 Å². The predicted molar refractivity (Wildman–Crippen MR) is 66.7 cm³/mol. The molecule has 0 bridgehead atoms. The van der Waals surface area contributed by atoms with E-state index in [4.69, 9.17) is 10.5 Å². The number of carbonyl (C=O) groups is 1. The molecule has 0 aliphatic carbocycles. The van der Waals surface area contributed by atoms with Crippen LogP contribution in [0.4, 0.5) is 5.69 Å². The molecule has 4 heteroatoms. The minimum Gasteiger partial charge on any atom is -0.465 e. The highest BCUT2D eigenvalue weighted by Gasteiger charge is 2.19. The van der Waals surface area contributed by atoms with Crippen molar-refractivity contribution in [2.24, 2.45) is 0 Å². The fourth-order valence-corrected chi connectivity index (χ4v) is 2.28. The number of benzene rings is 1. The topological polar surface area (TPSA) is 55.6 Å². The minimum absolute atomic E-state index is 0.350. The van der Waals surface area contributed by atoms with E-state index in [2.05, 4.69) is 4.90 Å². The van der Waals surface area contributed by atoms with Crippen LogP contribution in [0.15, 0.2) is 18.2 Å². The van der Waals surface area contributed by atoms with Gasteiger partial charge in [0.05, 0.1) is 12.7 Å². The molecule has 0 amide bonds. The number of hydrogen-bond acceptors (Lipinski definition) is 4. The SMILES string of the molecule is COC(=O)c1c(N)cccc1CN1CCCC1. The standard InChI is InChI=1S/C13H18N2O2/c1-17-13(16)12-10(5-4-6-11(12)14)9-15-7-2-3-8-15/h4-6H,2-3,7-9,14H2,1H3. The van der Waals surface area contributed by atoms with Crippen LogP contribution in [0.1, 0.15) is 28.8 Å². The molecule has 0 atom stereocenters. The van der Waals surface area contributed by atoms with Crippen molar-refractivity contribution in [3.05, 3.63) is 29.3 Å². The predicted octanol–water partition coefficient (Wildman–Crippen LogP) is 1.65. The summed E-state index contributed by atoms with van der Waals surface area (Å²) >= 11 is 0. The van der Waals surface area contributed by atoms with Gasteiger partial charge in [-0.05, 0) is 37.6 Å². The summed E-state index contributed by atoms with van der Waals surface area (Å²) in [7, 11) is 1.38. The average molecular weight is 234 g/mol. The average Bonchev–Trinajstić information content (AvgIpc) is 2.81. The van der Waals surface area contributed by atoms with Gasteiger partial charge in [0.15, 0.2) is 0 Å². The molecule has 0 spiro atoms. The van der Waals surface area contributed by atoms with Crippen LogP contribution in [-0.4, -0.2) is 31.1 Å². The molecule has 92 valence electrons. The number of nitrogen functional groups attached to an aromatic ring is 1. The van der Waals surface area contributed by atoms with Crippen molar-refractivity contribution in [3.8, 4) is 0 Å². The Kier molecular flexibility index (Phi) is 3.64. The van der Waals surface area contributed by atoms with Crippen LogP contribution in [-0.2, 0) is 11.3 Å². The molecule has 1 aromatic rings. The molecule has 2 N–H and O–H groups in total. The first-order valence-corrected chi connectivity index (χ1v) is 5.90. The molecular weight excluding hydrogens is 216 g/mol. The zero-order valence-corrected chi connectivity index (χ0v) is 10.1. The Balaban J connectivity index is 2.25. The molecule has 1 aliphatic heterocycles. The van der Waals surface area contributed by atoms with Crippen LogP contribution in [0.2, 0.25) is 0 Å². The lowest BCUT2D eigenvalue weighted by Gasteiger charge is -2.17. The van der Waals surface area contributed by atoms with Crippen LogP contribution < -0.4 is 5.73 Å². The van der Waals surface area contributed by atoms with Crippen LogP contribution in [0.5, 0.6) is 0 Å². The lowest BCUT2D eigenvalue weighted by Crippen LogP contribution is -2.21. The van der Waals surface area contributed by atoms with Crippen molar-refractivity contribution < 1.29 is 9.53 Å². The number of nitrogens with two attached hydrogens (primary N) is 1. The fraction of sp³-hybridized carbons (Fsp3) is 0.462. The number of ether oxygens (including phenoxy) is 1. The maximum absolute atomic E-state index is 11.7. The van der Waals surface area contributed by atoms with E-state index in [1.165, 1.54) is 20.0 Å². The number of anilines is 1. The Hall–Kier alpha value is -1.55. The van der Waals surface area contributed by atoms with Gasteiger partial charge in [-0.15, -0.1) is 0 Å². The number of rotatable bonds is 3. The number of likely N-dealkylation sites (tertiary alicyclic amines) is 1. The highest BCUT2D eigenvalue weighted by Crippen LogP contribution is 2.21. The van der Waals surface area contributed by atoms with Crippen LogP contribution in [0.25, 0.3) is 0 Å². The first kappa shape index (κ1) is 11.9. The number of carbonyl (C=O) groups excluding carboxylic acids is 1. The third-order valence-electron chi connectivity index (χ3n) is 3.17. The van der Waals surface area contributed by atoms with Gasteiger partial charge in [0.2, 0.25) is 0 Å². The summed E-state index contributed by atoms with van der Waals surface area (Å²) in [5.74, 6) is -0.350. The maximum Gasteiger partial charge on any atom is 0.340 e. The lowest BCUT2D eigenvalue weighted by molar-refractivity contribution is 0.0599. The maximum atomic E-state index is 11.7. The second-order valence-corrected chi connectivity index (χ2v) is 4.36. The Labute approximate surface area is 101 Å². The first-order chi connectivity index (χ1) is 8.22. The van der Waals surface area contributed by atoms with Gasteiger partial charge >= 0.3 is 5.97 Å². The molecule has 0 radical (unpaired) electrons. The number of hydrogen-bond donors (Lipinski definition) is 1. The third-order valence-corrected chi connectivity index (χ3v) is 3.17. The van der Waals surface area contributed by atoms with Gasteiger partial charge in [0.25, 0.3) is 0 Å². The molecule has 1 fully saturated rings. The van der Waals surface area contributed by atoms with E-state index in [-0.39, 0.29) is 5.97 Å². The Morgan fingerprint density at radius 2 is 2.12 bits per heavy atom. The molecule has 4 nitrogen and oxygen atoms in total. The lowest BCUT2D eigenvalue weighted by atomic mass is 10.1. The first-order valence-electron chi connectivity index (χ1n) is 5.90. The molecule has 2 rings (SSSR count). The van der Waals surface area contributed by atoms with E-state index >= 15 is 0 Å². The van der Waals surface area contributed by atoms with Crippen LogP contribution in [0, 0.1) is 0 Å². The van der Waals surface area contributed by atoms with Crippen molar-refractivity contribution in [1.82, 2.24) is 4.90 Å². The second kappa shape index (κ2) is 5.19. The van der Waals surface area contributed by atoms with Gasteiger partial charge in [-0.3, -0.25) is 4.90 Å². The van der Waals surface area contributed by atoms with Gasteiger partial charge in [0, 0.05) is 12.2 Å². The minimum atomic E-state index is -0.350. The van der Waals surface area contributed by atoms with Crippen molar-refractivity contribution in [1.29, 1.82) is 0 Å². The molecule has 1 saturated heterocycles. The highest BCUT2D eigenvalue weighted by atomic mass is 16.5.